The zero-order valence-corrected chi connectivity index (χ0v) is 17.6. The molecule has 4 rings (SSSR count). The molecule has 0 atom stereocenters. The number of rotatable bonds is 5. The summed E-state index contributed by atoms with van der Waals surface area (Å²) in [5, 5.41) is 9.70. The van der Waals surface area contributed by atoms with Crippen LogP contribution in [0.4, 0.5) is 5.69 Å². The summed E-state index contributed by atoms with van der Waals surface area (Å²) in [7, 11) is 0. The van der Waals surface area contributed by atoms with E-state index in [9.17, 15) is 9.59 Å². The first-order valence-corrected chi connectivity index (χ1v) is 10.5. The molecule has 0 spiro atoms. The van der Waals surface area contributed by atoms with Crippen molar-refractivity contribution in [3.63, 3.8) is 0 Å². The van der Waals surface area contributed by atoms with Gasteiger partial charge in [-0.05, 0) is 48.5 Å². The molecule has 0 saturated carbocycles. The van der Waals surface area contributed by atoms with Crippen molar-refractivity contribution in [1.82, 2.24) is 0 Å². The van der Waals surface area contributed by atoms with Crippen LogP contribution < -0.4 is 4.90 Å². The zero-order chi connectivity index (χ0) is 21.3. The van der Waals surface area contributed by atoms with Crippen LogP contribution in [0.25, 0.3) is 5.57 Å². The number of hydrogen-bond donors (Lipinski definition) is 0. The topological polar surface area (TPSA) is 74.3 Å². The summed E-state index contributed by atoms with van der Waals surface area (Å²) in [5.74, 6) is 0.0985. The van der Waals surface area contributed by atoms with Gasteiger partial charge >= 0.3 is 0 Å². The SMILES string of the molecule is N#Cc1ccc(N2C(=O)C(SCc3ccco3)=C(c3ccc(Cl)cc3Cl)C2=O)cc1. The Morgan fingerprint density at radius 3 is 2.43 bits per heavy atom. The molecule has 0 aliphatic carbocycles. The molecule has 2 amide bonds. The molecule has 30 heavy (non-hydrogen) atoms. The van der Waals surface area contributed by atoms with Crippen LogP contribution in [-0.2, 0) is 15.3 Å². The van der Waals surface area contributed by atoms with Gasteiger partial charge in [-0.15, -0.1) is 11.8 Å². The quantitative estimate of drug-likeness (QED) is 0.463. The number of carbonyl (C=O) groups excluding carboxylic acids is 2. The van der Waals surface area contributed by atoms with Crippen LogP contribution in [0.5, 0.6) is 0 Å². The number of hydrogen-bond acceptors (Lipinski definition) is 5. The highest BCUT2D eigenvalue weighted by Crippen LogP contribution is 2.42. The third-order valence-corrected chi connectivity index (χ3v) is 6.08. The maximum Gasteiger partial charge on any atom is 0.272 e. The summed E-state index contributed by atoms with van der Waals surface area (Å²) >= 11 is 13.6. The fourth-order valence-corrected chi connectivity index (χ4v) is 4.54. The van der Waals surface area contributed by atoms with Crippen molar-refractivity contribution in [3.05, 3.63) is 92.7 Å². The summed E-state index contributed by atoms with van der Waals surface area (Å²) in [6.45, 7) is 0. The fraction of sp³-hybridized carbons (Fsp3) is 0.0455. The standard InChI is InChI=1S/C22H12Cl2N2O3S/c23-14-5-8-17(18(24)10-14)19-20(30-12-16-2-1-9-29-16)22(28)26(21(19)27)15-6-3-13(11-25)4-7-15/h1-10H,12H2. The summed E-state index contributed by atoms with van der Waals surface area (Å²) in [4.78, 5) is 27.9. The molecule has 2 heterocycles. The van der Waals surface area contributed by atoms with Crippen molar-refractivity contribution in [1.29, 1.82) is 5.26 Å². The Morgan fingerprint density at radius 1 is 1.03 bits per heavy atom. The second-order valence-corrected chi connectivity index (χ2v) is 8.13. The Kier molecular flexibility index (Phi) is 5.69. The zero-order valence-electron chi connectivity index (χ0n) is 15.3. The second kappa shape index (κ2) is 8.41. The van der Waals surface area contributed by atoms with E-state index in [0.717, 1.165) is 4.90 Å². The predicted molar refractivity (Wildman–Crippen MR) is 117 cm³/mol. The van der Waals surface area contributed by atoms with Crippen LogP contribution in [0.1, 0.15) is 16.9 Å². The molecule has 8 heteroatoms. The average Bonchev–Trinajstić information content (AvgIpc) is 3.33. The highest BCUT2D eigenvalue weighted by Gasteiger charge is 2.41. The third-order valence-electron chi connectivity index (χ3n) is 4.44. The van der Waals surface area contributed by atoms with Gasteiger partial charge in [-0.2, -0.15) is 5.26 Å². The number of amides is 2. The van der Waals surface area contributed by atoms with E-state index < -0.39 is 11.8 Å². The molecule has 2 aromatic carbocycles. The number of thioether (sulfide) groups is 1. The molecular weight excluding hydrogens is 443 g/mol. The van der Waals surface area contributed by atoms with E-state index in [-0.39, 0.29) is 15.5 Å². The third kappa shape index (κ3) is 3.75. The van der Waals surface area contributed by atoms with E-state index in [0.29, 0.717) is 33.4 Å². The van der Waals surface area contributed by atoms with Gasteiger partial charge in [-0.3, -0.25) is 9.59 Å². The van der Waals surface area contributed by atoms with Crippen LogP contribution in [0.3, 0.4) is 0 Å². The second-order valence-electron chi connectivity index (χ2n) is 6.30. The lowest BCUT2D eigenvalue weighted by Gasteiger charge is -2.15. The molecule has 3 aromatic rings. The minimum absolute atomic E-state index is 0.211. The Hall–Kier alpha value is -2.98. The molecule has 0 fully saturated rings. The van der Waals surface area contributed by atoms with Crippen LogP contribution in [0.2, 0.25) is 10.0 Å². The molecule has 148 valence electrons. The van der Waals surface area contributed by atoms with Crippen LogP contribution in [0.15, 0.2) is 70.2 Å². The van der Waals surface area contributed by atoms with E-state index in [4.69, 9.17) is 32.9 Å². The summed E-state index contributed by atoms with van der Waals surface area (Å²) in [5.41, 5.74) is 1.44. The first kappa shape index (κ1) is 20.3. The van der Waals surface area contributed by atoms with E-state index in [2.05, 4.69) is 0 Å². The maximum atomic E-state index is 13.3. The highest BCUT2D eigenvalue weighted by molar-refractivity contribution is 8.03. The van der Waals surface area contributed by atoms with Gasteiger partial charge in [0, 0.05) is 10.6 Å². The Morgan fingerprint density at radius 2 is 1.80 bits per heavy atom. The van der Waals surface area contributed by atoms with Crippen LogP contribution >= 0.6 is 35.0 Å². The van der Waals surface area contributed by atoms with Crippen molar-refractivity contribution in [2.75, 3.05) is 4.90 Å². The van der Waals surface area contributed by atoms with Gasteiger partial charge in [0.05, 0.1) is 44.8 Å². The lowest BCUT2D eigenvalue weighted by atomic mass is 10.1. The molecule has 0 unspecified atom stereocenters. The lowest BCUT2D eigenvalue weighted by molar-refractivity contribution is -0.119. The highest BCUT2D eigenvalue weighted by atomic mass is 35.5. The summed E-state index contributed by atoms with van der Waals surface area (Å²) in [6.07, 6.45) is 1.55. The van der Waals surface area contributed by atoms with Crippen molar-refractivity contribution >= 4 is 58.0 Å². The van der Waals surface area contributed by atoms with Crippen molar-refractivity contribution in [3.8, 4) is 6.07 Å². The van der Waals surface area contributed by atoms with Gasteiger partial charge in [0.25, 0.3) is 11.8 Å². The van der Waals surface area contributed by atoms with Gasteiger partial charge in [0.2, 0.25) is 0 Å². The minimum atomic E-state index is -0.490. The predicted octanol–water partition coefficient (Wildman–Crippen LogP) is 5.68. The Labute approximate surface area is 186 Å². The summed E-state index contributed by atoms with van der Waals surface area (Å²) in [6, 6.07) is 16.6. The average molecular weight is 455 g/mol. The number of nitrogens with zero attached hydrogens (tertiary/aromatic N) is 2. The van der Waals surface area contributed by atoms with Crippen molar-refractivity contribution < 1.29 is 14.0 Å². The van der Waals surface area contributed by atoms with Gasteiger partial charge in [-0.25, -0.2) is 4.90 Å². The molecule has 0 radical (unpaired) electrons. The van der Waals surface area contributed by atoms with Gasteiger partial charge < -0.3 is 4.42 Å². The molecule has 0 N–H and O–H groups in total. The first-order valence-electron chi connectivity index (χ1n) is 8.73. The number of carbonyl (C=O) groups is 2. The molecule has 0 bridgehead atoms. The van der Waals surface area contributed by atoms with Crippen LogP contribution in [0, 0.1) is 11.3 Å². The number of furan rings is 1. The largest absolute Gasteiger partial charge is 0.468 e. The number of imide groups is 1. The molecular formula is C22H12Cl2N2O3S. The number of nitriles is 1. The Bertz CT molecular complexity index is 1210. The molecule has 1 aliphatic heterocycles. The normalized spacial score (nSPS) is 13.8. The minimum Gasteiger partial charge on any atom is -0.468 e. The smallest absolute Gasteiger partial charge is 0.272 e. The van der Waals surface area contributed by atoms with Crippen LogP contribution in [-0.4, -0.2) is 11.8 Å². The monoisotopic (exact) mass is 454 g/mol. The van der Waals surface area contributed by atoms with E-state index in [1.54, 1.807) is 54.8 Å². The molecule has 1 aliphatic rings. The van der Waals surface area contributed by atoms with Crippen molar-refractivity contribution in [2.45, 2.75) is 5.75 Å². The van der Waals surface area contributed by atoms with Gasteiger partial charge in [0.15, 0.2) is 0 Å². The fourth-order valence-electron chi connectivity index (χ4n) is 3.03. The maximum absolute atomic E-state index is 13.3. The molecule has 0 saturated heterocycles. The van der Waals surface area contributed by atoms with Gasteiger partial charge in [0.1, 0.15) is 5.76 Å². The van der Waals surface area contributed by atoms with E-state index in [1.165, 1.54) is 17.8 Å². The Balaban J connectivity index is 1.78. The first-order chi connectivity index (χ1) is 14.5. The number of benzene rings is 2. The molecule has 1 aromatic heterocycles. The van der Waals surface area contributed by atoms with Crippen molar-refractivity contribution in [2.24, 2.45) is 0 Å². The van der Waals surface area contributed by atoms with Gasteiger partial charge in [-0.1, -0.05) is 29.3 Å². The molecule has 5 nitrogen and oxygen atoms in total. The summed E-state index contributed by atoms with van der Waals surface area (Å²) < 4.78 is 5.35. The number of anilines is 1. The lowest BCUT2D eigenvalue weighted by Crippen LogP contribution is -2.31. The van der Waals surface area contributed by atoms with E-state index in [1.807, 2.05) is 6.07 Å². The van der Waals surface area contributed by atoms with E-state index >= 15 is 0 Å². The number of halogens is 2.